The SMILES string of the molecule is Cn1c(=O)n(C2CCCNC2)c2cccc(CCCCCCCOC3CCNCC3)c21. The molecule has 1 aromatic carbocycles. The Morgan fingerprint density at radius 3 is 2.61 bits per heavy atom. The smallest absolute Gasteiger partial charge is 0.329 e. The number of hydrogen-bond donors (Lipinski definition) is 2. The molecule has 1 aromatic heterocycles. The van der Waals surface area contributed by atoms with Crippen LogP contribution in [0.3, 0.4) is 0 Å². The van der Waals surface area contributed by atoms with Crippen LogP contribution in [0.25, 0.3) is 11.0 Å². The number of nitrogens with zero attached hydrogens (tertiary/aromatic N) is 2. The van der Waals surface area contributed by atoms with Crippen LogP contribution >= 0.6 is 0 Å². The van der Waals surface area contributed by atoms with Gasteiger partial charge in [-0.3, -0.25) is 9.13 Å². The summed E-state index contributed by atoms with van der Waals surface area (Å²) in [6, 6.07) is 6.73. The first-order chi connectivity index (χ1) is 15.3. The fourth-order valence-electron chi connectivity index (χ4n) is 5.29. The molecule has 2 fully saturated rings. The molecule has 4 rings (SSSR count). The van der Waals surface area contributed by atoms with E-state index < -0.39 is 0 Å². The maximum atomic E-state index is 13.0. The number of benzene rings is 1. The molecule has 0 aliphatic carbocycles. The molecular weight excluding hydrogens is 388 g/mol. The molecule has 0 amide bonds. The van der Waals surface area contributed by atoms with Crippen LogP contribution in [0.1, 0.15) is 69.4 Å². The van der Waals surface area contributed by atoms with Gasteiger partial charge in [0, 0.05) is 20.2 Å². The van der Waals surface area contributed by atoms with Crippen LogP contribution in [0.4, 0.5) is 0 Å². The zero-order valence-electron chi connectivity index (χ0n) is 19.2. The number of aromatic nitrogens is 2. The lowest BCUT2D eigenvalue weighted by Crippen LogP contribution is -2.36. The van der Waals surface area contributed by atoms with Crippen molar-refractivity contribution in [1.29, 1.82) is 0 Å². The topological polar surface area (TPSA) is 60.2 Å². The maximum Gasteiger partial charge on any atom is 0.329 e. The third kappa shape index (κ3) is 5.60. The summed E-state index contributed by atoms with van der Waals surface area (Å²) in [5.41, 5.74) is 3.68. The molecule has 2 aliphatic rings. The number of aryl methyl sites for hydroxylation is 2. The van der Waals surface area contributed by atoms with Crippen molar-refractivity contribution >= 4 is 11.0 Å². The Bertz CT molecular complexity index is 876. The van der Waals surface area contributed by atoms with Crippen molar-refractivity contribution in [3.8, 4) is 0 Å². The first-order valence-electron chi connectivity index (χ1n) is 12.5. The molecule has 0 radical (unpaired) electrons. The summed E-state index contributed by atoms with van der Waals surface area (Å²) in [6.45, 7) is 5.07. The summed E-state index contributed by atoms with van der Waals surface area (Å²) < 4.78 is 9.91. The van der Waals surface area contributed by atoms with E-state index in [1.807, 2.05) is 16.2 Å². The summed E-state index contributed by atoms with van der Waals surface area (Å²) >= 11 is 0. The molecule has 2 saturated heterocycles. The quantitative estimate of drug-likeness (QED) is 0.569. The van der Waals surface area contributed by atoms with Crippen LogP contribution in [-0.2, 0) is 18.2 Å². The van der Waals surface area contributed by atoms with Gasteiger partial charge in [0.1, 0.15) is 0 Å². The predicted molar refractivity (Wildman–Crippen MR) is 127 cm³/mol. The largest absolute Gasteiger partial charge is 0.378 e. The first kappa shape index (κ1) is 22.6. The average Bonchev–Trinajstić information content (AvgIpc) is 3.07. The molecular formula is C25H40N4O2. The van der Waals surface area contributed by atoms with Crippen LogP contribution in [0, 0.1) is 0 Å². The zero-order chi connectivity index (χ0) is 21.5. The highest BCUT2D eigenvalue weighted by atomic mass is 16.5. The standard InChI is InChI=1S/C25H40N4O2/c1-28-24-20(9-5-3-2-4-6-18-31-22-13-16-26-17-14-22)10-7-12-23(24)29(25(28)30)21-11-8-15-27-19-21/h7,10,12,21-22,26-27H,2-6,8-9,11,13-19H2,1H3. The highest BCUT2D eigenvalue weighted by Crippen LogP contribution is 2.25. The number of rotatable bonds is 10. The number of unbranched alkanes of at least 4 members (excludes halogenated alkanes) is 4. The lowest BCUT2D eigenvalue weighted by molar-refractivity contribution is 0.0307. The Labute approximate surface area is 186 Å². The van der Waals surface area contributed by atoms with Crippen molar-refractivity contribution in [2.75, 3.05) is 32.8 Å². The fourth-order valence-corrected chi connectivity index (χ4v) is 5.29. The molecule has 2 aliphatic heterocycles. The fraction of sp³-hybridized carbons (Fsp3) is 0.720. The monoisotopic (exact) mass is 428 g/mol. The second-order valence-electron chi connectivity index (χ2n) is 9.33. The minimum atomic E-state index is 0.130. The normalized spacial score (nSPS) is 20.5. The van der Waals surface area contributed by atoms with Gasteiger partial charge in [0.25, 0.3) is 0 Å². The Kier molecular flexibility index (Phi) is 8.22. The molecule has 0 spiro atoms. The number of para-hydroxylation sites is 1. The van der Waals surface area contributed by atoms with Crippen LogP contribution in [-0.4, -0.2) is 48.0 Å². The first-order valence-corrected chi connectivity index (χ1v) is 12.5. The average molecular weight is 429 g/mol. The summed E-state index contributed by atoms with van der Waals surface area (Å²) in [5.74, 6) is 0. The number of ether oxygens (including phenoxy) is 1. The number of nitrogens with one attached hydrogen (secondary N) is 2. The van der Waals surface area contributed by atoms with Gasteiger partial charge in [-0.2, -0.15) is 0 Å². The third-order valence-corrected chi connectivity index (χ3v) is 7.05. The molecule has 0 bridgehead atoms. The molecule has 31 heavy (non-hydrogen) atoms. The van der Waals surface area contributed by atoms with Crippen molar-refractivity contribution < 1.29 is 4.74 Å². The van der Waals surface area contributed by atoms with Crippen molar-refractivity contribution in [1.82, 2.24) is 19.8 Å². The summed E-state index contributed by atoms with van der Waals surface area (Å²) in [6.07, 6.45) is 12.2. The van der Waals surface area contributed by atoms with E-state index in [2.05, 4.69) is 28.8 Å². The van der Waals surface area contributed by atoms with Crippen LogP contribution in [0.15, 0.2) is 23.0 Å². The summed E-state index contributed by atoms with van der Waals surface area (Å²) in [4.78, 5) is 13.0. The maximum absolute atomic E-state index is 13.0. The van der Waals surface area contributed by atoms with Crippen molar-refractivity contribution in [3.05, 3.63) is 34.2 Å². The summed E-state index contributed by atoms with van der Waals surface area (Å²) in [5, 5.41) is 6.84. The van der Waals surface area contributed by atoms with E-state index in [4.69, 9.17) is 4.74 Å². The molecule has 3 heterocycles. The predicted octanol–water partition coefficient (Wildman–Crippen LogP) is 3.53. The minimum absolute atomic E-state index is 0.130. The van der Waals surface area contributed by atoms with Gasteiger partial charge in [-0.05, 0) is 76.2 Å². The lowest BCUT2D eigenvalue weighted by atomic mass is 10.0. The van der Waals surface area contributed by atoms with Gasteiger partial charge in [-0.1, -0.05) is 31.4 Å². The Hall–Kier alpha value is -1.63. The second kappa shape index (κ2) is 11.3. The van der Waals surface area contributed by atoms with E-state index in [9.17, 15) is 4.79 Å². The van der Waals surface area contributed by atoms with Crippen molar-refractivity contribution in [2.45, 2.75) is 76.4 Å². The van der Waals surface area contributed by atoms with Gasteiger partial charge in [0.2, 0.25) is 0 Å². The third-order valence-electron chi connectivity index (χ3n) is 7.05. The van der Waals surface area contributed by atoms with E-state index in [1.54, 1.807) is 0 Å². The van der Waals surface area contributed by atoms with Gasteiger partial charge < -0.3 is 15.4 Å². The highest BCUT2D eigenvalue weighted by Gasteiger charge is 2.22. The van der Waals surface area contributed by atoms with Crippen LogP contribution < -0.4 is 16.3 Å². The number of fused-ring (bicyclic) bond motifs is 1. The van der Waals surface area contributed by atoms with Gasteiger partial charge in [-0.25, -0.2) is 4.79 Å². The second-order valence-corrected chi connectivity index (χ2v) is 9.33. The Morgan fingerprint density at radius 1 is 1.00 bits per heavy atom. The molecule has 1 atom stereocenters. The van der Waals surface area contributed by atoms with Crippen LogP contribution in [0.2, 0.25) is 0 Å². The Balaban J connectivity index is 1.25. The van der Waals surface area contributed by atoms with Gasteiger partial charge in [-0.15, -0.1) is 0 Å². The summed E-state index contributed by atoms with van der Waals surface area (Å²) in [7, 11) is 1.93. The minimum Gasteiger partial charge on any atom is -0.378 e. The lowest BCUT2D eigenvalue weighted by Gasteiger charge is -2.24. The van der Waals surface area contributed by atoms with E-state index in [0.717, 1.165) is 75.9 Å². The molecule has 6 nitrogen and oxygen atoms in total. The molecule has 1 unspecified atom stereocenters. The van der Waals surface area contributed by atoms with Crippen LogP contribution in [0.5, 0.6) is 0 Å². The van der Waals surface area contributed by atoms with E-state index >= 15 is 0 Å². The highest BCUT2D eigenvalue weighted by molar-refractivity contribution is 5.80. The zero-order valence-corrected chi connectivity index (χ0v) is 19.2. The molecule has 2 aromatic rings. The number of piperidine rings is 2. The van der Waals surface area contributed by atoms with Crippen molar-refractivity contribution in [3.63, 3.8) is 0 Å². The van der Waals surface area contributed by atoms with E-state index in [1.165, 1.54) is 37.7 Å². The Morgan fingerprint density at radius 2 is 1.81 bits per heavy atom. The van der Waals surface area contributed by atoms with Gasteiger partial charge in [0.05, 0.1) is 23.2 Å². The van der Waals surface area contributed by atoms with Gasteiger partial charge in [0.15, 0.2) is 0 Å². The molecule has 0 saturated carbocycles. The molecule has 172 valence electrons. The molecule has 6 heteroatoms. The molecule has 2 N–H and O–H groups in total. The van der Waals surface area contributed by atoms with Gasteiger partial charge >= 0.3 is 5.69 Å². The number of hydrogen-bond acceptors (Lipinski definition) is 4. The van der Waals surface area contributed by atoms with Crippen molar-refractivity contribution in [2.24, 2.45) is 7.05 Å². The van der Waals surface area contributed by atoms with E-state index in [-0.39, 0.29) is 11.7 Å². The number of imidazole rings is 1. The van der Waals surface area contributed by atoms with E-state index in [0.29, 0.717) is 6.10 Å².